The minimum absolute atomic E-state index is 0.254. The van der Waals surface area contributed by atoms with E-state index in [9.17, 15) is 0 Å². The van der Waals surface area contributed by atoms with Crippen molar-refractivity contribution in [3.63, 3.8) is 0 Å². The lowest BCUT2D eigenvalue weighted by atomic mass is 9.79. The van der Waals surface area contributed by atoms with Gasteiger partial charge in [0.15, 0.2) is 0 Å². The average molecular weight is 178 g/mol. The molecule has 0 saturated carbocycles. The Morgan fingerprint density at radius 2 is 1.92 bits per heavy atom. The van der Waals surface area contributed by atoms with Gasteiger partial charge in [0.05, 0.1) is 20.3 Å². The van der Waals surface area contributed by atoms with E-state index < -0.39 is 0 Å². The standard InChI is InChI=1S/C9H11BO3/c1-11-9-5-3-2-4-8(9)10-12-6-7-13-10/h2-5H,6-7H2,1H3. The quantitative estimate of drug-likeness (QED) is 0.615. The fourth-order valence-electron chi connectivity index (χ4n) is 1.40. The van der Waals surface area contributed by atoms with Crippen molar-refractivity contribution >= 4 is 12.6 Å². The highest BCUT2D eigenvalue weighted by Crippen LogP contribution is 2.10. The summed E-state index contributed by atoms with van der Waals surface area (Å²) in [7, 11) is 1.39. The van der Waals surface area contributed by atoms with Gasteiger partial charge < -0.3 is 14.0 Å². The van der Waals surface area contributed by atoms with Gasteiger partial charge in [0.1, 0.15) is 5.75 Å². The largest absolute Gasteiger partial charge is 0.497 e. The van der Waals surface area contributed by atoms with Crippen molar-refractivity contribution in [3.8, 4) is 5.75 Å². The molecule has 0 radical (unpaired) electrons. The first kappa shape index (κ1) is 8.60. The Morgan fingerprint density at radius 3 is 2.62 bits per heavy atom. The lowest BCUT2D eigenvalue weighted by molar-refractivity contribution is 0.365. The highest BCUT2D eigenvalue weighted by Gasteiger charge is 2.28. The fraction of sp³-hybridized carbons (Fsp3) is 0.333. The molecule has 3 nitrogen and oxygen atoms in total. The van der Waals surface area contributed by atoms with E-state index in [0.717, 1.165) is 11.2 Å². The molecule has 0 aromatic heterocycles. The first-order valence-electron chi connectivity index (χ1n) is 4.28. The molecule has 1 aromatic carbocycles. The molecule has 0 unspecified atom stereocenters. The molecule has 0 amide bonds. The third-order valence-corrected chi connectivity index (χ3v) is 2.01. The molecule has 1 aliphatic heterocycles. The predicted molar refractivity (Wildman–Crippen MR) is 50.3 cm³/mol. The van der Waals surface area contributed by atoms with Crippen molar-refractivity contribution in [2.45, 2.75) is 0 Å². The lowest BCUT2D eigenvalue weighted by Crippen LogP contribution is -2.32. The molecule has 2 rings (SSSR count). The van der Waals surface area contributed by atoms with Crippen molar-refractivity contribution < 1.29 is 14.0 Å². The first-order valence-corrected chi connectivity index (χ1v) is 4.28. The van der Waals surface area contributed by atoms with Crippen LogP contribution < -0.4 is 10.2 Å². The zero-order chi connectivity index (χ0) is 9.10. The number of ether oxygens (including phenoxy) is 1. The molecule has 0 spiro atoms. The summed E-state index contributed by atoms with van der Waals surface area (Å²) in [5.74, 6) is 0.814. The molecule has 1 aliphatic rings. The van der Waals surface area contributed by atoms with Gasteiger partial charge in [-0.15, -0.1) is 0 Å². The highest BCUT2D eigenvalue weighted by molar-refractivity contribution is 6.62. The van der Waals surface area contributed by atoms with Crippen LogP contribution in [0.25, 0.3) is 0 Å². The summed E-state index contributed by atoms with van der Waals surface area (Å²) in [4.78, 5) is 0. The van der Waals surface area contributed by atoms with Gasteiger partial charge in [-0.05, 0) is 6.07 Å². The highest BCUT2D eigenvalue weighted by atomic mass is 16.6. The van der Waals surface area contributed by atoms with Gasteiger partial charge in [-0.2, -0.15) is 0 Å². The van der Waals surface area contributed by atoms with Crippen molar-refractivity contribution in [3.05, 3.63) is 24.3 Å². The Kier molecular flexibility index (Phi) is 2.52. The third-order valence-electron chi connectivity index (χ3n) is 2.01. The van der Waals surface area contributed by atoms with Crippen molar-refractivity contribution in [2.24, 2.45) is 0 Å². The van der Waals surface area contributed by atoms with Crippen molar-refractivity contribution in [1.82, 2.24) is 0 Å². The number of para-hydroxylation sites is 1. The van der Waals surface area contributed by atoms with Crippen LogP contribution in [0.3, 0.4) is 0 Å². The van der Waals surface area contributed by atoms with E-state index in [1.165, 1.54) is 0 Å². The Hall–Kier alpha value is -0.995. The molecule has 0 N–H and O–H groups in total. The van der Waals surface area contributed by atoms with Crippen LogP contribution in [0.4, 0.5) is 0 Å². The maximum atomic E-state index is 5.38. The van der Waals surface area contributed by atoms with E-state index in [4.69, 9.17) is 14.0 Å². The van der Waals surface area contributed by atoms with Gasteiger partial charge in [-0.1, -0.05) is 18.2 Å². The molecule has 0 bridgehead atoms. The Bertz CT molecular complexity index is 284. The minimum atomic E-state index is -0.254. The first-order chi connectivity index (χ1) is 6.42. The van der Waals surface area contributed by atoms with Crippen LogP contribution in [0.2, 0.25) is 0 Å². The molecule has 1 fully saturated rings. The van der Waals surface area contributed by atoms with E-state index in [0.29, 0.717) is 13.2 Å². The van der Waals surface area contributed by atoms with Gasteiger partial charge in [0.2, 0.25) is 0 Å². The monoisotopic (exact) mass is 178 g/mol. The van der Waals surface area contributed by atoms with Crippen LogP contribution in [0.1, 0.15) is 0 Å². The van der Waals surface area contributed by atoms with E-state index in [-0.39, 0.29) is 7.12 Å². The van der Waals surface area contributed by atoms with Gasteiger partial charge in [-0.25, -0.2) is 0 Å². The maximum absolute atomic E-state index is 5.38. The lowest BCUT2D eigenvalue weighted by Gasteiger charge is -2.08. The summed E-state index contributed by atoms with van der Waals surface area (Å²) in [6.07, 6.45) is 0. The molecule has 0 aliphatic carbocycles. The second kappa shape index (κ2) is 3.81. The number of benzene rings is 1. The molecule has 1 aromatic rings. The van der Waals surface area contributed by atoms with Gasteiger partial charge in [0.25, 0.3) is 0 Å². The zero-order valence-electron chi connectivity index (χ0n) is 7.53. The molecule has 0 atom stereocenters. The Morgan fingerprint density at radius 1 is 1.23 bits per heavy atom. The zero-order valence-corrected chi connectivity index (χ0v) is 7.53. The Balaban J connectivity index is 2.26. The van der Waals surface area contributed by atoms with E-state index in [1.54, 1.807) is 7.11 Å². The van der Waals surface area contributed by atoms with Crippen LogP contribution in [0.15, 0.2) is 24.3 Å². The summed E-state index contributed by atoms with van der Waals surface area (Å²) in [6.45, 7) is 1.31. The van der Waals surface area contributed by atoms with Crippen LogP contribution >= 0.6 is 0 Å². The smallest absolute Gasteiger partial charge is 0.497 e. The molecule has 13 heavy (non-hydrogen) atoms. The number of hydrogen-bond donors (Lipinski definition) is 0. The van der Waals surface area contributed by atoms with Crippen LogP contribution in [0, 0.1) is 0 Å². The molecule has 4 heteroatoms. The second-order valence-electron chi connectivity index (χ2n) is 2.82. The number of methoxy groups -OCH3 is 1. The Labute approximate surface area is 77.8 Å². The minimum Gasteiger partial charge on any atom is -0.497 e. The molecule has 68 valence electrons. The maximum Gasteiger partial charge on any atom is 0.497 e. The number of hydrogen-bond acceptors (Lipinski definition) is 3. The van der Waals surface area contributed by atoms with Gasteiger partial charge in [0, 0.05) is 5.46 Å². The van der Waals surface area contributed by atoms with Crippen LogP contribution in [0.5, 0.6) is 5.75 Å². The number of rotatable bonds is 2. The third kappa shape index (κ3) is 1.69. The average Bonchev–Trinajstić information content (AvgIpc) is 2.70. The second-order valence-corrected chi connectivity index (χ2v) is 2.82. The molecular weight excluding hydrogens is 167 g/mol. The van der Waals surface area contributed by atoms with E-state index >= 15 is 0 Å². The van der Waals surface area contributed by atoms with E-state index in [2.05, 4.69) is 0 Å². The fourth-order valence-corrected chi connectivity index (χ4v) is 1.40. The van der Waals surface area contributed by atoms with Crippen LogP contribution in [-0.2, 0) is 9.31 Å². The summed E-state index contributed by atoms with van der Waals surface area (Å²) in [5.41, 5.74) is 0.961. The van der Waals surface area contributed by atoms with Crippen molar-refractivity contribution in [1.29, 1.82) is 0 Å². The summed E-state index contributed by atoms with van der Waals surface area (Å²) in [5, 5.41) is 0. The summed E-state index contributed by atoms with van der Waals surface area (Å²) in [6, 6.07) is 7.73. The topological polar surface area (TPSA) is 27.7 Å². The van der Waals surface area contributed by atoms with Crippen LogP contribution in [-0.4, -0.2) is 27.4 Å². The van der Waals surface area contributed by atoms with Gasteiger partial charge in [-0.3, -0.25) is 0 Å². The normalized spacial score (nSPS) is 16.2. The predicted octanol–water partition coefficient (Wildman–Crippen LogP) is 0.437. The SMILES string of the molecule is COc1ccccc1B1OCCO1. The summed E-state index contributed by atoms with van der Waals surface area (Å²) < 4.78 is 16.0. The molecule has 1 heterocycles. The van der Waals surface area contributed by atoms with Crippen molar-refractivity contribution in [2.75, 3.05) is 20.3 Å². The molecular formula is C9H11BO3. The van der Waals surface area contributed by atoms with E-state index in [1.807, 2.05) is 24.3 Å². The van der Waals surface area contributed by atoms with Gasteiger partial charge >= 0.3 is 7.12 Å². The molecule has 1 saturated heterocycles. The summed E-state index contributed by atoms with van der Waals surface area (Å²) >= 11 is 0.